The molecule has 1 amide bonds. The Morgan fingerprint density at radius 2 is 1.77 bits per heavy atom. The van der Waals surface area contributed by atoms with Crippen molar-refractivity contribution in [3.8, 4) is 0 Å². The minimum atomic E-state index is -0.226. The number of hydrogen-bond acceptors (Lipinski definition) is 4. The molecule has 0 saturated heterocycles. The number of carbonyl (C=O) groups is 1. The standard InChI is InChI=1S/C15H18N6O/c16-12-3-1-2-4-13(12)20-14(22)11-7-5-10(6-8-11)9-19-15(17)21-18/h1-8H,9,16,18H2,(H,20,22)(H3,17,19,21). The number of anilines is 2. The lowest BCUT2D eigenvalue weighted by atomic mass is 10.1. The molecule has 22 heavy (non-hydrogen) atoms. The van der Waals surface area contributed by atoms with E-state index in [1.165, 1.54) is 0 Å². The maximum atomic E-state index is 12.1. The van der Waals surface area contributed by atoms with Crippen molar-refractivity contribution >= 4 is 23.2 Å². The minimum absolute atomic E-state index is 0.154. The van der Waals surface area contributed by atoms with Crippen molar-refractivity contribution in [1.29, 1.82) is 0 Å². The van der Waals surface area contributed by atoms with E-state index in [1.807, 2.05) is 12.1 Å². The lowest BCUT2D eigenvalue weighted by molar-refractivity contribution is 0.102. The number of rotatable bonds is 4. The van der Waals surface area contributed by atoms with Crippen LogP contribution in [0.4, 0.5) is 11.4 Å². The zero-order valence-corrected chi connectivity index (χ0v) is 11.9. The van der Waals surface area contributed by atoms with E-state index in [2.05, 4.69) is 15.7 Å². The first-order chi connectivity index (χ1) is 10.6. The number of hydrogen-bond donors (Lipinski definition) is 5. The number of nitrogens with zero attached hydrogens (tertiary/aromatic N) is 1. The van der Waals surface area contributed by atoms with Crippen molar-refractivity contribution in [2.75, 3.05) is 11.1 Å². The molecule has 0 aliphatic heterocycles. The molecule has 0 atom stereocenters. The number of aliphatic imine (C=N–C) groups is 1. The summed E-state index contributed by atoms with van der Waals surface area (Å²) in [7, 11) is 0. The van der Waals surface area contributed by atoms with Gasteiger partial charge in [-0.15, -0.1) is 0 Å². The molecule has 2 aromatic carbocycles. The van der Waals surface area contributed by atoms with Crippen molar-refractivity contribution in [3.05, 3.63) is 59.7 Å². The van der Waals surface area contributed by atoms with Gasteiger partial charge >= 0.3 is 0 Å². The summed E-state index contributed by atoms with van der Waals surface area (Å²) in [6.45, 7) is 0.379. The van der Waals surface area contributed by atoms with Gasteiger partial charge in [-0.05, 0) is 29.8 Å². The van der Waals surface area contributed by atoms with Crippen LogP contribution in [-0.2, 0) is 6.54 Å². The summed E-state index contributed by atoms with van der Waals surface area (Å²) in [6, 6.07) is 14.1. The van der Waals surface area contributed by atoms with E-state index in [4.69, 9.17) is 17.3 Å². The molecule has 0 spiro atoms. The van der Waals surface area contributed by atoms with Gasteiger partial charge in [0, 0.05) is 5.56 Å². The fourth-order valence-corrected chi connectivity index (χ4v) is 1.79. The Labute approximate surface area is 128 Å². The Hall–Kier alpha value is -3.06. The fraction of sp³-hybridized carbons (Fsp3) is 0.0667. The maximum Gasteiger partial charge on any atom is 0.255 e. The van der Waals surface area contributed by atoms with E-state index in [1.54, 1.807) is 36.4 Å². The first-order valence-electron chi connectivity index (χ1n) is 6.61. The molecule has 114 valence electrons. The molecular weight excluding hydrogens is 280 g/mol. The highest BCUT2D eigenvalue weighted by molar-refractivity contribution is 6.05. The number of hydrazine groups is 1. The average Bonchev–Trinajstić information content (AvgIpc) is 2.55. The van der Waals surface area contributed by atoms with Gasteiger partial charge in [0.15, 0.2) is 0 Å². The summed E-state index contributed by atoms with van der Waals surface area (Å²) < 4.78 is 0. The smallest absolute Gasteiger partial charge is 0.255 e. The van der Waals surface area contributed by atoms with Crippen LogP contribution in [0.3, 0.4) is 0 Å². The number of benzene rings is 2. The predicted octanol–water partition coefficient (Wildman–Crippen LogP) is 0.799. The Balaban J connectivity index is 2.04. The Bertz CT molecular complexity index is 681. The second-order valence-corrected chi connectivity index (χ2v) is 4.58. The van der Waals surface area contributed by atoms with Gasteiger partial charge < -0.3 is 16.8 Å². The van der Waals surface area contributed by atoms with Crippen LogP contribution in [0.15, 0.2) is 53.5 Å². The molecule has 0 radical (unpaired) electrons. The van der Waals surface area contributed by atoms with E-state index in [0.717, 1.165) is 5.56 Å². The summed E-state index contributed by atoms with van der Waals surface area (Å²) in [5.74, 6) is 5.04. The summed E-state index contributed by atoms with van der Waals surface area (Å²) in [5, 5.41) is 2.77. The van der Waals surface area contributed by atoms with Crippen molar-refractivity contribution in [3.63, 3.8) is 0 Å². The molecule has 0 unspecified atom stereocenters. The highest BCUT2D eigenvalue weighted by atomic mass is 16.1. The largest absolute Gasteiger partial charge is 0.397 e. The third kappa shape index (κ3) is 3.97. The molecule has 0 aliphatic carbocycles. The van der Waals surface area contributed by atoms with Gasteiger partial charge in [-0.25, -0.2) is 10.8 Å². The number of para-hydroxylation sites is 2. The van der Waals surface area contributed by atoms with Gasteiger partial charge in [0.2, 0.25) is 5.96 Å². The van der Waals surface area contributed by atoms with Crippen LogP contribution in [0, 0.1) is 0 Å². The van der Waals surface area contributed by atoms with Gasteiger partial charge in [-0.1, -0.05) is 24.3 Å². The number of nitrogens with two attached hydrogens (primary N) is 3. The molecular formula is C15H18N6O. The van der Waals surface area contributed by atoms with Crippen molar-refractivity contribution in [1.82, 2.24) is 5.43 Å². The molecule has 0 fully saturated rings. The zero-order chi connectivity index (χ0) is 15.9. The summed E-state index contributed by atoms with van der Waals surface area (Å²) in [4.78, 5) is 16.2. The zero-order valence-electron chi connectivity index (χ0n) is 11.9. The Kier molecular flexibility index (Phi) is 4.94. The lowest BCUT2D eigenvalue weighted by Gasteiger charge is -2.08. The Morgan fingerprint density at radius 1 is 1.09 bits per heavy atom. The van der Waals surface area contributed by atoms with Gasteiger partial charge in [0.1, 0.15) is 0 Å². The molecule has 7 nitrogen and oxygen atoms in total. The van der Waals surface area contributed by atoms with Crippen LogP contribution in [0.1, 0.15) is 15.9 Å². The molecule has 0 saturated carbocycles. The SMILES string of the molecule is NNC(N)=NCc1ccc(C(=O)Nc2ccccc2N)cc1. The maximum absolute atomic E-state index is 12.1. The van der Waals surface area contributed by atoms with Gasteiger partial charge in [0.25, 0.3) is 5.91 Å². The number of nitrogens with one attached hydrogen (secondary N) is 2. The first kappa shape index (κ1) is 15.3. The highest BCUT2D eigenvalue weighted by Gasteiger charge is 2.07. The molecule has 8 N–H and O–H groups in total. The molecule has 0 heterocycles. The van der Waals surface area contributed by atoms with Crippen LogP contribution >= 0.6 is 0 Å². The number of amides is 1. The summed E-state index contributed by atoms with van der Waals surface area (Å²) in [5.41, 5.74) is 16.0. The molecule has 0 aromatic heterocycles. The summed E-state index contributed by atoms with van der Waals surface area (Å²) in [6.07, 6.45) is 0. The monoisotopic (exact) mass is 298 g/mol. The second kappa shape index (κ2) is 7.09. The number of nitrogen functional groups attached to an aromatic ring is 1. The van der Waals surface area contributed by atoms with Crippen molar-refractivity contribution in [2.45, 2.75) is 6.54 Å². The van der Waals surface area contributed by atoms with E-state index < -0.39 is 0 Å². The van der Waals surface area contributed by atoms with Gasteiger partial charge in [-0.3, -0.25) is 10.2 Å². The highest BCUT2D eigenvalue weighted by Crippen LogP contribution is 2.18. The average molecular weight is 298 g/mol. The van der Waals surface area contributed by atoms with Crippen LogP contribution in [0.25, 0.3) is 0 Å². The first-order valence-corrected chi connectivity index (χ1v) is 6.61. The van der Waals surface area contributed by atoms with E-state index in [-0.39, 0.29) is 11.9 Å². The van der Waals surface area contributed by atoms with Crippen LogP contribution in [-0.4, -0.2) is 11.9 Å². The molecule has 0 aliphatic rings. The Morgan fingerprint density at radius 3 is 2.41 bits per heavy atom. The van der Waals surface area contributed by atoms with Crippen LogP contribution in [0.5, 0.6) is 0 Å². The van der Waals surface area contributed by atoms with E-state index in [9.17, 15) is 4.79 Å². The van der Waals surface area contributed by atoms with Crippen LogP contribution in [0.2, 0.25) is 0 Å². The van der Waals surface area contributed by atoms with Crippen molar-refractivity contribution < 1.29 is 4.79 Å². The quantitative estimate of drug-likeness (QED) is 0.187. The second-order valence-electron chi connectivity index (χ2n) is 4.58. The molecule has 0 bridgehead atoms. The van der Waals surface area contributed by atoms with Crippen molar-refractivity contribution in [2.24, 2.45) is 16.6 Å². The van der Waals surface area contributed by atoms with Gasteiger partial charge in [0.05, 0.1) is 17.9 Å². The number of guanidine groups is 1. The molecule has 2 aromatic rings. The normalized spacial score (nSPS) is 11.0. The summed E-state index contributed by atoms with van der Waals surface area (Å²) >= 11 is 0. The molecule has 7 heteroatoms. The molecule has 2 rings (SSSR count). The fourth-order valence-electron chi connectivity index (χ4n) is 1.79. The van der Waals surface area contributed by atoms with Gasteiger partial charge in [-0.2, -0.15) is 0 Å². The van der Waals surface area contributed by atoms with Crippen LogP contribution < -0.4 is 28.1 Å². The van der Waals surface area contributed by atoms with E-state index >= 15 is 0 Å². The minimum Gasteiger partial charge on any atom is -0.397 e. The topological polar surface area (TPSA) is 132 Å². The lowest BCUT2D eigenvalue weighted by Crippen LogP contribution is -2.37. The third-order valence-corrected chi connectivity index (χ3v) is 3.00. The predicted molar refractivity (Wildman–Crippen MR) is 87.9 cm³/mol. The third-order valence-electron chi connectivity index (χ3n) is 3.00. The number of carbonyl (C=O) groups excluding carboxylic acids is 1. The van der Waals surface area contributed by atoms with E-state index in [0.29, 0.717) is 23.5 Å².